The summed E-state index contributed by atoms with van der Waals surface area (Å²) in [6.07, 6.45) is 0.268. The Kier molecular flexibility index (Phi) is 8.34. The quantitative estimate of drug-likeness (QED) is 0.203. The number of carbonyl (C=O) groups excluding carboxylic acids is 2. The molecule has 0 atom stereocenters. The average Bonchev–Trinajstić information content (AvgIpc) is 3.36. The third kappa shape index (κ3) is 6.33. The molecule has 0 aliphatic heterocycles. The van der Waals surface area contributed by atoms with E-state index in [-0.39, 0.29) is 18.2 Å². The molecule has 0 spiro atoms. The van der Waals surface area contributed by atoms with Gasteiger partial charge in [0.05, 0.1) is 31.9 Å². The van der Waals surface area contributed by atoms with Crippen LogP contribution in [-0.2, 0) is 16.0 Å². The number of methoxy groups -OCH3 is 2. The first-order valence-corrected chi connectivity index (χ1v) is 13.4. The predicted octanol–water partition coefficient (Wildman–Crippen LogP) is 6.64. The zero-order valence-electron chi connectivity index (χ0n) is 23.9. The van der Waals surface area contributed by atoms with Gasteiger partial charge in [0, 0.05) is 24.2 Å². The number of rotatable bonds is 9. The Morgan fingerprint density at radius 1 is 0.810 bits per heavy atom. The van der Waals surface area contributed by atoms with E-state index in [1.807, 2.05) is 97.9 Å². The highest BCUT2D eigenvalue weighted by molar-refractivity contribution is 5.93. The van der Waals surface area contributed by atoms with Gasteiger partial charge in [0.25, 0.3) is 0 Å². The molecule has 0 saturated carbocycles. The normalized spacial score (nSPS) is 10.7. The number of hydrogen-bond acceptors (Lipinski definition) is 6. The molecular weight excluding hydrogens is 530 g/mol. The van der Waals surface area contributed by atoms with Crippen molar-refractivity contribution < 1.29 is 23.8 Å². The number of nitrogens with one attached hydrogen (secondary N) is 1. The molecule has 0 aliphatic rings. The van der Waals surface area contributed by atoms with Crippen molar-refractivity contribution in [3.63, 3.8) is 0 Å². The van der Waals surface area contributed by atoms with Gasteiger partial charge in [-0.3, -0.25) is 9.59 Å². The van der Waals surface area contributed by atoms with E-state index in [1.165, 1.54) is 6.92 Å². The van der Waals surface area contributed by atoms with E-state index in [0.29, 0.717) is 34.0 Å². The highest BCUT2D eigenvalue weighted by Gasteiger charge is 2.25. The highest BCUT2D eigenvalue weighted by Crippen LogP contribution is 2.43. The molecule has 212 valence electrons. The van der Waals surface area contributed by atoms with Crippen LogP contribution in [0.5, 0.6) is 17.4 Å². The van der Waals surface area contributed by atoms with Gasteiger partial charge in [0.15, 0.2) is 0 Å². The van der Waals surface area contributed by atoms with Gasteiger partial charge in [0.1, 0.15) is 17.2 Å². The topological polar surface area (TPSA) is 91.7 Å². The van der Waals surface area contributed by atoms with E-state index in [4.69, 9.17) is 19.3 Å². The fourth-order valence-corrected chi connectivity index (χ4v) is 4.61. The zero-order chi connectivity index (χ0) is 29.6. The molecule has 0 aliphatic carbocycles. The van der Waals surface area contributed by atoms with Gasteiger partial charge in [-0.15, -0.1) is 0 Å². The molecule has 8 heteroatoms. The number of esters is 1. The number of nitrogens with zero attached hydrogens (tertiary/aromatic N) is 2. The van der Waals surface area contributed by atoms with E-state index in [9.17, 15) is 9.59 Å². The van der Waals surface area contributed by atoms with Crippen LogP contribution in [0.3, 0.4) is 0 Å². The Bertz CT molecular complexity index is 1690. The van der Waals surface area contributed by atoms with Gasteiger partial charge in [-0.05, 0) is 54.4 Å². The summed E-state index contributed by atoms with van der Waals surface area (Å²) in [7, 11) is 3.17. The molecule has 1 N–H and O–H groups in total. The molecule has 1 aromatic heterocycles. The van der Waals surface area contributed by atoms with Gasteiger partial charge in [-0.1, -0.05) is 60.2 Å². The van der Waals surface area contributed by atoms with Crippen LogP contribution in [0.1, 0.15) is 18.1 Å². The van der Waals surface area contributed by atoms with Gasteiger partial charge in [-0.25, -0.2) is 0 Å². The summed E-state index contributed by atoms with van der Waals surface area (Å²) < 4.78 is 18.5. The zero-order valence-corrected chi connectivity index (χ0v) is 23.9. The van der Waals surface area contributed by atoms with Crippen LogP contribution in [-0.4, -0.2) is 35.9 Å². The van der Waals surface area contributed by atoms with Crippen molar-refractivity contribution >= 4 is 17.6 Å². The van der Waals surface area contributed by atoms with E-state index in [0.717, 1.165) is 22.4 Å². The molecule has 8 nitrogen and oxygen atoms in total. The Hall–Kier alpha value is -5.37. The first-order chi connectivity index (χ1) is 20.3. The smallest absolute Gasteiger partial charge is 0.309 e. The molecule has 0 bridgehead atoms. The number of ether oxygens (including phenoxy) is 3. The maximum Gasteiger partial charge on any atom is 0.309 e. The lowest BCUT2D eigenvalue weighted by Crippen LogP contribution is -2.14. The number of amides is 1. The summed E-state index contributed by atoms with van der Waals surface area (Å²) >= 11 is 0. The van der Waals surface area contributed by atoms with Crippen molar-refractivity contribution in [2.45, 2.75) is 20.3 Å². The van der Waals surface area contributed by atoms with Crippen LogP contribution in [0.15, 0.2) is 97.1 Å². The van der Waals surface area contributed by atoms with Crippen LogP contribution in [0.4, 0.5) is 5.69 Å². The average molecular weight is 562 g/mol. The van der Waals surface area contributed by atoms with E-state index >= 15 is 0 Å². The third-order valence-corrected chi connectivity index (χ3v) is 6.65. The lowest BCUT2D eigenvalue weighted by atomic mass is 10.0. The minimum atomic E-state index is -0.482. The van der Waals surface area contributed by atoms with Crippen molar-refractivity contribution in [3.8, 4) is 45.5 Å². The van der Waals surface area contributed by atoms with E-state index in [1.54, 1.807) is 25.0 Å². The third-order valence-electron chi connectivity index (χ3n) is 6.65. The van der Waals surface area contributed by atoms with Crippen molar-refractivity contribution in [2.24, 2.45) is 0 Å². The number of benzene rings is 4. The van der Waals surface area contributed by atoms with Gasteiger partial charge < -0.3 is 19.5 Å². The SMILES string of the molecule is COc1cc(OC)cc(-c2nn(-c3ccc(C)cc3)c(OC(C)=O)c2-c2ccc(NC(=O)Cc3ccccc3)cc2)c1. The lowest BCUT2D eigenvalue weighted by Gasteiger charge is -2.11. The summed E-state index contributed by atoms with van der Waals surface area (Å²) in [5, 5.41) is 7.89. The summed E-state index contributed by atoms with van der Waals surface area (Å²) in [5.41, 5.74) is 5.99. The standard InChI is InChI=1S/C34H31N3O5/c1-22-10-16-28(17-11-22)37-34(42-23(2)38)32(33(36-37)26-19-29(40-3)21-30(20-26)41-4)25-12-14-27(15-13-25)35-31(39)18-24-8-6-5-7-9-24/h5-17,19-21H,18H2,1-4H3,(H,35,39). The van der Waals surface area contributed by atoms with E-state index < -0.39 is 5.97 Å². The van der Waals surface area contributed by atoms with Gasteiger partial charge in [0.2, 0.25) is 11.8 Å². The van der Waals surface area contributed by atoms with Crippen molar-refractivity contribution in [1.29, 1.82) is 0 Å². The van der Waals surface area contributed by atoms with Crippen LogP contribution in [0, 0.1) is 6.92 Å². The van der Waals surface area contributed by atoms with Crippen molar-refractivity contribution in [2.75, 3.05) is 19.5 Å². The second-order valence-electron chi connectivity index (χ2n) is 9.76. The Morgan fingerprint density at radius 3 is 2.05 bits per heavy atom. The Balaban J connectivity index is 1.61. The first-order valence-electron chi connectivity index (χ1n) is 13.4. The van der Waals surface area contributed by atoms with Crippen LogP contribution < -0.4 is 19.5 Å². The molecule has 4 aromatic carbocycles. The summed E-state index contributed by atoms with van der Waals surface area (Å²) in [4.78, 5) is 25.0. The van der Waals surface area contributed by atoms with Gasteiger partial charge in [-0.2, -0.15) is 9.78 Å². The maximum atomic E-state index is 12.7. The molecular formula is C34H31N3O5. The number of hydrogen-bond donors (Lipinski definition) is 1. The molecule has 0 fully saturated rings. The van der Waals surface area contributed by atoms with Gasteiger partial charge >= 0.3 is 5.97 Å². The first kappa shape index (κ1) is 28.2. The largest absolute Gasteiger partial charge is 0.497 e. The fraction of sp³-hybridized carbons (Fsp3) is 0.147. The van der Waals surface area contributed by atoms with Crippen molar-refractivity contribution in [3.05, 3.63) is 108 Å². The second-order valence-corrected chi connectivity index (χ2v) is 9.76. The minimum absolute atomic E-state index is 0.120. The summed E-state index contributed by atoms with van der Waals surface area (Å²) in [6.45, 7) is 3.36. The predicted molar refractivity (Wildman–Crippen MR) is 162 cm³/mol. The number of anilines is 1. The molecule has 0 radical (unpaired) electrons. The minimum Gasteiger partial charge on any atom is -0.497 e. The Labute approximate surface area is 244 Å². The van der Waals surface area contributed by atoms with Crippen molar-refractivity contribution in [1.82, 2.24) is 9.78 Å². The Morgan fingerprint density at radius 2 is 1.45 bits per heavy atom. The molecule has 0 unspecified atom stereocenters. The van der Waals surface area contributed by atoms with Crippen LogP contribution >= 0.6 is 0 Å². The number of carbonyl (C=O) groups is 2. The summed E-state index contributed by atoms with van der Waals surface area (Å²) in [6, 6.07) is 30.2. The lowest BCUT2D eigenvalue weighted by molar-refractivity contribution is -0.132. The van der Waals surface area contributed by atoms with Crippen LogP contribution in [0.2, 0.25) is 0 Å². The van der Waals surface area contributed by atoms with Crippen LogP contribution in [0.25, 0.3) is 28.1 Å². The fourth-order valence-electron chi connectivity index (χ4n) is 4.61. The molecule has 42 heavy (non-hydrogen) atoms. The van der Waals surface area contributed by atoms with E-state index in [2.05, 4.69) is 5.32 Å². The number of aromatic nitrogens is 2. The number of aryl methyl sites for hydroxylation is 1. The second kappa shape index (κ2) is 12.4. The summed E-state index contributed by atoms with van der Waals surface area (Å²) in [5.74, 6) is 0.843. The highest BCUT2D eigenvalue weighted by atomic mass is 16.5. The molecule has 1 amide bonds. The molecule has 5 rings (SSSR count). The maximum absolute atomic E-state index is 12.7. The molecule has 5 aromatic rings. The molecule has 1 heterocycles. The molecule has 0 saturated heterocycles. The monoisotopic (exact) mass is 561 g/mol.